The van der Waals surface area contributed by atoms with E-state index in [0.717, 1.165) is 15.6 Å². The molecule has 20 heavy (non-hydrogen) atoms. The molecule has 0 radical (unpaired) electrons. The van der Waals surface area contributed by atoms with Gasteiger partial charge in [0.2, 0.25) is 11.7 Å². The third-order valence-electron chi connectivity index (χ3n) is 3.20. The van der Waals surface area contributed by atoms with E-state index >= 15 is 0 Å². The molecular weight excluding hydrogens is 320 g/mol. The van der Waals surface area contributed by atoms with Crippen molar-refractivity contribution in [3.05, 3.63) is 34.1 Å². The molecule has 0 spiro atoms. The highest BCUT2D eigenvalue weighted by molar-refractivity contribution is 9.10. The summed E-state index contributed by atoms with van der Waals surface area (Å²) in [6.45, 7) is 7.96. The summed E-state index contributed by atoms with van der Waals surface area (Å²) in [5.74, 6) is 0.989. The Morgan fingerprint density at radius 1 is 1.35 bits per heavy atom. The lowest BCUT2D eigenvalue weighted by atomic mass is 9.87. The summed E-state index contributed by atoms with van der Waals surface area (Å²) in [5, 5.41) is 14.1. The number of nitrogens with zero attached hydrogens (tertiary/aromatic N) is 2. The molecule has 108 valence electrons. The number of aromatic nitrogens is 2. The molecule has 0 amide bonds. The standard InChI is InChI=1S/C15H19BrN2O2/c1-9-5-6-10(11(16)7-9)14-17-13(20-18-14)8-12(19)15(2,3)4/h5-7,12,19H,8H2,1-4H3. The molecule has 0 bridgehead atoms. The van der Waals surface area contributed by atoms with Crippen molar-refractivity contribution in [3.63, 3.8) is 0 Å². The van der Waals surface area contributed by atoms with Gasteiger partial charge in [-0.25, -0.2) is 0 Å². The summed E-state index contributed by atoms with van der Waals surface area (Å²) in [6.07, 6.45) is -0.155. The Balaban J connectivity index is 2.21. The van der Waals surface area contributed by atoms with E-state index in [-0.39, 0.29) is 5.41 Å². The van der Waals surface area contributed by atoms with E-state index in [4.69, 9.17) is 4.52 Å². The van der Waals surface area contributed by atoms with Gasteiger partial charge in [0.1, 0.15) is 0 Å². The first-order valence-corrected chi connectivity index (χ1v) is 7.34. The minimum Gasteiger partial charge on any atom is -0.392 e. The molecule has 0 aliphatic rings. The van der Waals surface area contributed by atoms with Crippen molar-refractivity contribution in [2.24, 2.45) is 5.41 Å². The summed E-state index contributed by atoms with van der Waals surface area (Å²) >= 11 is 3.50. The fraction of sp³-hybridized carbons (Fsp3) is 0.467. The average Bonchev–Trinajstić information content (AvgIpc) is 2.76. The lowest BCUT2D eigenvalue weighted by Crippen LogP contribution is -2.28. The molecule has 5 heteroatoms. The summed E-state index contributed by atoms with van der Waals surface area (Å²) in [7, 11) is 0. The molecule has 0 fully saturated rings. The van der Waals surface area contributed by atoms with Crippen molar-refractivity contribution >= 4 is 15.9 Å². The van der Waals surface area contributed by atoms with Crippen LogP contribution in [0.4, 0.5) is 0 Å². The molecule has 0 aliphatic carbocycles. The lowest BCUT2D eigenvalue weighted by molar-refractivity contribution is 0.0565. The van der Waals surface area contributed by atoms with Gasteiger partial charge in [-0.15, -0.1) is 0 Å². The molecule has 0 saturated carbocycles. The number of halogens is 1. The molecule has 0 saturated heterocycles. The maximum Gasteiger partial charge on any atom is 0.229 e. The van der Waals surface area contributed by atoms with Crippen molar-refractivity contribution < 1.29 is 9.63 Å². The number of benzene rings is 1. The zero-order valence-electron chi connectivity index (χ0n) is 12.1. The van der Waals surface area contributed by atoms with E-state index in [1.807, 2.05) is 45.9 Å². The highest BCUT2D eigenvalue weighted by atomic mass is 79.9. The third kappa shape index (κ3) is 3.46. The second-order valence-corrected chi connectivity index (χ2v) is 6.94. The van der Waals surface area contributed by atoms with Gasteiger partial charge in [-0.2, -0.15) is 4.98 Å². The molecular formula is C15H19BrN2O2. The second-order valence-electron chi connectivity index (χ2n) is 6.08. The largest absolute Gasteiger partial charge is 0.392 e. The number of rotatable bonds is 3. The van der Waals surface area contributed by atoms with Crippen LogP contribution in [-0.2, 0) is 6.42 Å². The molecule has 2 rings (SSSR count). The highest BCUT2D eigenvalue weighted by Crippen LogP contribution is 2.28. The van der Waals surface area contributed by atoms with Gasteiger partial charge in [0.15, 0.2) is 0 Å². The van der Waals surface area contributed by atoms with Crippen LogP contribution in [0.2, 0.25) is 0 Å². The SMILES string of the molecule is Cc1ccc(-c2noc(CC(O)C(C)(C)C)n2)c(Br)c1. The van der Waals surface area contributed by atoms with Crippen molar-refractivity contribution in [1.29, 1.82) is 0 Å². The Morgan fingerprint density at radius 3 is 2.65 bits per heavy atom. The Hall–Kier alpha value is -1.20. The Labute approximate surface area is 127 Å². The smallest absolute Gasteiger partial charge is 0.229 e. The maximum atomic E-state index is 10.1. The van der Waals surface area contributed by atoms with E-state index in [0.29, 0.717) is 18.1 Å². The normalized spacial score (nSPS) is 13.5. The van der Waals surface area contributed by atoms with Gasteiger partial charge >= 0.3 is 0 Å². The molecule has 1 heterocycles. The van der Waals surface area contributed by atoms with Crippen LogP contribution >= 0.6 is 15.9 Å². The van der Waals surface area contributed by atoms with Crippen LogP contribution in [0.5, 0.6) is 0 Å². The van der Waals surface area contributed by atoms with Gasteiger partial charge in [0, 0.05) is 10.0 Å². The summed E-state index contributed by atoms with van der Waals surface area (Å²) in [5.41, 5.74) is 1.84. The molecule has 1 aromatic heterocycles. The first-order valence-electron chi connectivity index (χ1n) is 6.54. The van der Waals surface area contributed by atoms with Crippen LogP contribution in [0.1, 0.15) is 32.2 Å². The predicted molar refractivity (Wildman–Crippen MR) is 81.3 cm³/mol. The first kappa shape index (κ1) is 15.2. The molecule has 1 atom stereocenters. The lowest BCUT2D eigenvalue weighted by Gasteiger charge is -2.24. The Morgan fingerprint density at radius 2 is 2.05 bits per heavy atom. The topological polar surface area (TPSA) is 59.2 Å². The number of hydrogen-bond acceptors (Lipinski definition) is 4. The van der Waals surface area contributed by atoms with Crippen molar-refractivity contribution in [3.8, 4) is 11.4 Å². The van der Waals surface area contributed by atoms with Crippen LogP contribution in [0.15, 0.2) is 27.2 Å². The number of aliphatic hydroxyl groups is 1. The van der Waals surface area contributed by atoms with E-state index < -0.39 is 6.10 Å². The van der Waals surface area contributed by atoms with E-state index in [1.165, 1.54) is 0 Å². The molecule has 4 nitrogen and oxygen atoms in total. The second kappa shape index (κ2) is 5.66. The number of hydrogen-bond donors (Lipinski definition) is 1. The molecule has 2 aromatic rings. The van der Waals surface area contributed by atoms with Gasteiger partial charge in [-0.05, 0) is 30.0 Å². The molecule has 1 unspecified atom stereocenters. The minimum atomic E-state index is -0.516. The van der Waals surface area contributed by atoms with Crippen LogP contribution < -0.4 is 0 Å². The third-order valence-corrected chi connectivity index (χ3v) is 3.86. The Kier molecular flexibility index (Phi) is 4.30. The van der Waals surface area contributed by atoms with Gasteiger partial charge in [0.25, 0.3) is 0 Å². The van der Waals surface area contributed by atoms with Crippen LogP contribution in [0, 0.1) is 12.3 Å². The van der Waals surface area contributed by atoms with Gasteiger partial charge in [0.05, 0.1) is 12.5 Å². The molecule has 1 aromatic carbocycles. The van der Waals surface area contributed by atoms with Gasteiger partial charge < -0.3 is 9.63 Å². The van der Waals surface area contributed by atoms with E-state index in [2.05, 4.69) is 26.1 Å². The summed E-state index contributed by atoms with van der Waals surface area (Å²) < 4.78 is 6.16. The zero-order chi connectivity index (χ0) is 14.9. The minimum absolute atomic E-state index is 0.209. The van der Waals surface area contributed by atoms with Crippen molar-refractivity contribution in [2.75, 3.05) is 0 Å². The fourth-order valence-electron chi connectivity index (χ4n) is 1.72. The van der Waals surface area contributed by atoms with Crippen LogP contribution in [-0.4, -0.2) is 21.4 Å². The van der Waals surface area contributed by atoms with Crippen molar-refractivity contribution in [2.45, 2.75) is 40.2 Å². The van der Waals surface area contributed by atoms with Crippen LogP contribution in [0.3, 0.4) is 0 Å². The molecule has 0 aliphatic heterocycles. The van der Waals surface area contributed by atoms with E-state index in [1.54, 1.807) is 0 Å². The van der Waals surface area contributed by atoms with E-state index in [9.17, 15) is 5.11 Å². The first-order chi connectivity index (χ1) is 9.27. The number of aryl methyl sites for hydroxylation is 1. The summed E-state index contributed by atoms with van der Waals surface area (Å²) in [4.78, 5) is 4.36. The average molecular weight is 339 g/mol. The Bertz CT molecular complexity index is 602. The van der Waals surface area contributed by atoms with Gasteiger partial charge in [-0.1, -0.05) is 47.9 Å². The number of aliphatic hydroxyl groups excluding tert-OH is 1. The quantitative estimate of drug-likeness (QED) is 0.925. The zero-order valence-corrected chi connectivity index (χ0v) is 13.7. The maximum absolute atomic E-state index is 10.1. The summed E-state index contributed by atoms with van der Waals surface area (Å²) in [6, 6.07) is 5.96. The monoisotopic (exact) mass is 338 g/mol. The predicted octanol–water partition coefficient (Wildman–Crippen LogP) is 3.76. The van der Waals surface area contributed by atoms with Crippen LogP contribution in [0.25, 0.3) is 11.4 Å². The fourth-order valence-corrected chi connectivity index (χ4v) is 2.39. The molecule has 1 N–H and O–H groups in total. The highest BCUT2D eigenvalue weighted by Gasteiger charge is 2.25. The van der Waals surface area contributed by atoms with Gasteiger partial charge in [-0.3, -0.25) is 0 Å². The van der Waals surface area contributed by atoms with Crippen molar-refractivity contribution in [1.82, 2.24) is 10.1 Å².